The van der Waals surface area contributed by atoms with Crippen molar-refractivity contribution >= 4 is 49.6 Å². The van der Waals surface area contributed by atoms with E-state index < -0.39 is 0 Å². The minimum atomic E-state index is 0.874. The van der Waals surface area contributed by atoms with Crippen molar-refractivity contribution in [3.63, 3.8) is 0 Å². The highest BCUT2D eigenvalue weighted by molar-refractivity contribution is 6.29. The molecule has 0 bridgehead atoms. The maximum atomic E-state index is 7.18. The average Bonchev–Trinajstić information content (AvgIpc) is 3.82. The van der Waals surface area contributed by atoms with Crippen LogP contribution in [0.25, 0.3) is 99.5 Å². The van der Waals surface area contributed by atoms with Gasteiger partial charge in [-0.05, 0) is 115 Å². The molecule has 0 saturated carbocycles. The third-order valence-electron chi connectivity index (χ3n) is 12.9. The zero-order valence-corrected chi connectivity index (χ0v) is 36.2. The molecule has 0 aliphatic carbocycles. The predicted molar refractivity (Wildman–Crippen MR) is 279 cm³/mol. The second-order valence-electron chi connectivity index (χ2n) is 16.8. The molecule has 0 atom stereocenters. The van der Waals surface area contributed by atoms with Crippen molar-refractivity contribution in [2.75, 3.05) is 4.90 Å². The number of benzene rings is 11. The number of anilines is 3. The third-order valence-corrected chi connectivity index (χ3v) is 12.9. The summed E-state index contributed by atoms with van der Waals surface area (Å²) < 4.78 is 7.18. The summed E-state index contributed by atoms with van der Waals surface area (Å²) in [5, 5.41) is 5.74. The van der Waals surface area contributed by atoms with Crippen LogP contribution in [-0.2, 0) is 0 Å². The lowest BCUT2D eigenvalue weighted by atomic mass is 9.89. The molecule has 0 aliphatic rings. The number of fused-ring (bicyclic) bond motifs is 6. The topological polar surface area (TPSA) is 16.4 Å². The first-order chi connectivity index (χ1) is 32.7. The summed E-state index contributed by atoms with van der Waals surface area (Å²) in [7, 11) is 0. The van der Waals surface area contributed by atoms with Crippen molar-refractivity contribution < 1.29 is 4.42 Å². The van der Waals surface area contributed by atoms with E-state index in [2.05, 4.69) is 266 Å². The Hall–Kier alpha value is -8.72. The lowest BCUT2D eigenvalue weighted by Gasteiger charge is -2.26. The SMILES string of the molecule is c1ccc(-c2ccc(N(c3ccc(-c4ccccc4)cc3)c3ccc(-c4ccc5c6ccc(-c7ccccc7)cc6c6oc(-c7ccccc7)c(-c7ccccc7)c6c5c4)cc3)cc2)cc1. The van der Waals surface area contributed by atoms with E-state index in [0.717, 1.165) is 77.9 Å². The van der Waals surface area contributed by atoms with E-state index in [4.69, 9.17) is 4.42 Å². The molecule has 0 unspecified atom stereocenters. The number of hydrogen-bond donors (Lipinski definition) is 0. The van der Waals surface area contributed by atoms with Crippen LogP contribution in [0, 0.1) is 0 Å². The van der Waals surface area contributed by atoms with Crippen molar-refractivity contribution in [3.8, 4) is 67.0 Å². The summed E-state index contributed by atoms with van der Waals surface area (Å²) in [6.45, 7) is 0. The van der Waals surface area contributed by atoms with Gasteiger partial charge in [-0.25, -0.2) is 0 Å². The van der Waals surface area contributed by atoms with Gasteiger partial charge in [0.15, 0.2) is 0 Å². The first-order valence-corrected chi connectivity index (χ1v) is 22.6. The molecule has 0 saturated heterocycles. The van der Waals surface area contributed by atoms with Gasteiger partial charge in [0.1, 0.15) is 11.3 Å². The predicted octanol–water partition coefficient (Wildman–Crippen LogP) is 18.2. The Morgan fingerprint density at radius 1 is 0.242 bits per heavy atom. The van der Waals surface area contributed by atoms with Crippen molar-refractivity contribution in [3.05, 3.63) is 261 Å². The third kappa shape index (κ3) is 7.12. The van der Waals surface area contributed by atoms with Crippen molar-refractivity contribution in [2.24, 2.45) is 0 Å². The van der Waals surface area contributed by atoms with Gasteiger partial charge in [0.25, 0.3) is 0 Å². The van der Waals surface area contributed by atoms with E-state index in [9.17, 15) is 0 Å². The van der Waals surface area contributed by atoms with Gasteiger partial charge in [-0.3, -0.25) is 0 Å². The molecule has 0 spiro atoms. The lowest BCUT2D eigenvalue weighted by Crippen LogP contribution is -2.09. The van der Waals surface area contributed by atoms with Crippen molar-refractivity contribution in [2.45, 2.75) is 0 Å². The second kappa shape index (κ2) is 16.8. The molecule has 310 valence electrons. The van der Waals surface area contributed by atoms with Gasteiger partial charge in [0, 0.05) is 39.0 Å². The fourth-order valence-electron chi connectivity index (χ4n) is 9.61. The van der Waals surface area contributed by atoms with Crippen LogP contribution in [0.2, 0.25) is 0 Å². The fourth-order valence-corrected chi connectivity index (χ4v) is 9.61. The van der Waals surface area contributed by atoms with Crippen LogP contribution in [0.4, 0.5) is 17.1 Å². The van der Waals surface area contributed by atoms with Crippen LogP contribution >= 0.6 is 0 Å². The number of rotatable bonds is 9. The maximum absolute atomic E-state index is 7.18. The highest BCUT2D eigenvalue weighted by Gasteiger charge is 2.24. The lowest BCUT2D eigenvalue weighted by molar-refractivity contribution is 0.636. The summed E-state index contributed by atoms with van der Waals surface area (Å²) in [6.07, 6.45) is 0. The first kappa shape index (κ1) is 38.9. The van der Waals surface area contributed by atoms with Crippen LogP contribution in [0.5, 0.6) is 0 Å². The highest BCUT2D eigenvalue weighted by Crippen LogP contribution is 2.49. The first-order valence-electron chi connectivity index (χ1n) is 22.6. The van der Waals surface area contributed by atoms with Crippen molar-refractivity contribution in [1.29, 1.82) is 0 Å². The monoisotopic (exact) mass is 841 g/mol. The van der Waals surface area contributed by atoms with Crippen LogP contribution in [-0.4, -0.2) is 0 Å². The Balaban J connectivity index is 1.01. The summed E-state index contributed by atoms with van der Waals surface area (Å²) in [6, 6.07) is 93.5. The highest BCUT2D eigenvalue weighted by atomic mass is 16.3. The van der Waals surface area contributed by atoms with E-state index in [0.29, 0.717) is 0 Å². The molecule has 0 amide bonds. The normalized spacial score (nSPS) is 11.3. The molecule has 12 rings (SSSR count). The minimum Gasteiger partial charge on any atom is -0.455 e. The van der Waals surface area contributed by atoms with E-state index in [1.807, 2.05) is 0 Å². The summed E-state index contributed by atoms with van der Waals surface area (Å²) >= 11 is 0. The number of furan rings is 1. The van der Waals surface area contributed by atoms with Crippen molar-refractivity contribution in [1.82, 2.24) is 0 Å². The number of hydrogen-bond acceptors (Lipinski definition) is 2. The standard InChI is InChI=1S/C64H43NO/c1-6-16-44(17-7-1)47-26-34-54(35-27-47)65(55-36-28-48(29-37-55)45-18-8-2-9-19-45)56-38-30-49(31-39-56)52-32-40-57-58-41-33-53(46-20-10-3-11-21-46)43-60(58)64-62(59(57)42-52)61(50-22-12-4-13-23-50)63(66-64)51-24-14-5-15-25-51/h1-43H. The second-order valence-corrected chi connectivity index (χ2v) is 16.8. The molecule has 0 radical (unpaired) electrons. The molecule has 1 aromatic heterocycles. The molecular formula is C64H43NO. The summed E-state index contributed by atoms with van der Waals surface area (Å²) in [4.78, 5) is 2.34. The van der Waals surface area contributed by atoms with Crippen LogP contribution < -0.4 is 4.90 Å². The van der Waals surface area contributed by atoms with Gasteiger partial charge in [-0.2, -0.15) is 0 Å². The summed E-state index contributed by atoms with van der Waals surface area (Å²) in [5.41, 5.74) is 16.8. The molecule has 66 heavy (non-hydrogen) atoms. The Labute approximate surface area is 384 Å². The summed E-state index contributed by atoms with van der Waals surface area (Å²) in [5.74, 6) is 0.874. The quantitative estimate of drug-likeness (QED) is 0.135. The van der Waals surface area contributed by atoms with Gasteiger partial charge in [0.05, 0.1) is 0 Å². The zero-order valence-electron chi connectivity index (χ0n) is 36.2. The smallest absolute Gasteiger partial charge is 0.143 e. The van der Waals surface area contributed by atoms with Gasteiger partial charge >= 0.3 is 0 Å². The molecule has 1 heterocycles. The van der Waals surface area contributed by atoms with Gasteiger partial charge in [0.2, 0.25) is 0 Å². The fraction of sp³-hybridized carbons (Fsp3) is 0. The van der Waals surface area contributed by atoms with E-state index in [1.165, 1.54) is 38.6 Å². The maximum Gasteiger partial charge on any atom is 0.143 e. The molecule has 0 fully saturated rings. The Kier molecular flexibility index (Phi) is 9.89. The molecular weight excluding hydrogens is 799 g/mol. The van der Waals surface area contributed by atoms with Gasteiger partial charge < -0.3 is 9.32 Å². The van der Waals surface area contributed by atoms with Crippen LogP contribution in [0.15, 0.2) is 265 Å². The number of nitrogens with zero attached hydrogens (tertiary/aromatic N) is 1. The Bertz CT molecular complexity index is 3540. The Morgan fingerprint density at radius 2 is 0.561 bits per heavy atom. The van der Waals surface area contributed by atoms with E-state index >= 15 is 0 Å². The minimum absolute atomic E-state index is 0.874. The van der Waals surface area contributed by atoms with Crippen LogP contribution in [0.3, 0.4) is 0 Å². The van der Waals surface area contributed by atoms with Gasteiger partial charge in [-0.1, -0.05) is 212 Å². The van der Waals surface area contributed by atoms with E-state index in [-0.39, 0.29) is 0 Å². The van der Waals surface area contributed by atoms with Gasteiger partial charge in [-0.15, -0.1) is 0 Å². The average molecular weight is 842 g/mol. The van der Waals surface area contributed by atoms with Crippen LogP contribution in [0.1, 0.15) is 0 Å². The molecule has 2 nitrogen and oxygen atoms in total. The molecule has 0 N–H and O–H groups in total. The largest absolute Gasteiger partial charge is 0.455 e. The molecule has 2 heteroatoms. The molecule has 12 aromatic rings. The molecule has 0 aliphatic heterocycles. The van der Waals surface area contributed by atoms with E-state index in [1.54, 1.807) is 0 Å². The zero-order chi connectivity index (χ0) is 43.8. The molecule has 11 aromatic carbocycles. The Morgan fingerprint density at radius 3 is 1.00 bits per heavy atom.